The second kappa shape index (κ2) is 10.6. The van der Waals surface area contributed by atoms with Crippen LogP contribution in [-0.2, 0) is 13.0 Å². The normalized spacial score (nSPS) is 19.0. The standard InChI is InChI=1S/C19H31NP.BF4/c1-2-20-15-8-7-9-17(20)14-16-21(18-10-3-4-11-18)19-12-5-6-13-19;2-1(3,4)5/h7-9,15,18-19H,2-6,10-14,16H2,1H3;/q+1;-1. The molecule has 0 aromatic carbocycles. The minimum absolute atomic E-state index is 0.283. The first-order chi connectivity index (χ1) is 12.4. The maximum absolute atomic E-state index is 9.75. The molecule has 2 aliphatic rings. The van der Waals surface area contributed by atoms with Gasteiger partial charge in [0.05, 0.1) is 0 Å². The van der Waals surface area contributed by atoms with Crippen molar-refractivity contribution in [2.75, 3.05) is 6.16 Å². The highest BCUT2D eigenvalue weighted by Gasteiger charge is 2.32. The smallest absolute Gasteiger partial charge is 0.418 e. The monoisotopic (exact) mass is 391 g/mol. The number of halogens is 4. The summed E-state index contributed by atoms with van der Waals surface area (Å²) >= 11 is 0. The summed E-state index contributed by atoms with van der Waals surface area (Å²) in [6.07, 6.45) is 17.3. The number of pyridine rings is 1. The van der Waals surface area contributed by atoms with Crippen LogP contribution in [0, 0.1) is 0 Å². The Bertz CT molecular complexity index is 507. The number of hydrogen-bond donors (Lipinski definition) is 0. The summed E-state index contributed by atoms with van der Waals surface area (Å²) < 4.78 is 41.4. The molecule has 0 atom stereocenters. The molecule has 0 amide bonds. The average Bonchev–Trinajstić information content (AvgIpc) is 3.28. The van der Waals surface area contributed by atoms with E-state index in [1.165, 1.54) is 38.3 Å². The van der Waals surface area contributed by atoms with Gasteiger partial charge in [-0.2, -0.15) is 0 Å². The first-order valence-corrected chi connectivity index (χ1v) is 11.7. The van der Waals surface area contributed by atoms with E-state index in [0.717, 1.165) is 17.9 Å². The highest BCUT2D eigenvalue weighted by atomic mass is 31.1. The Morgan fingerprint density at radius 2 is 1.46 bits per heavy atom. The van der Waals surface area contributed by atoms with Crippen molar-refractivity contribution in [2.24, 2.45) is 0 Å². The summed E-state index contributed by atoms with van der Waals surface area (Å²) in [4.78, 5) is 0. The van der Waals surface area contributed by atoms with Gasteiger partial charge in [-0.1, -0.05) is 39.7 Å². The maximum atomic E-state index is 9.75. The fourth-order valence-electron chi connectivity index (χ4n) is 4.43. The minimum Gasteiger partial charge on any atom is -0.418 e. The van der Waals surface area contributed by atoms with Crippen LogP contribution >= 0.6 is 7.92 Å². The lowest BCUT2D eigenvalue weighted by molar-refractivity contribution is -0.700. The lowest BCUT2D eigenvalue weighted by Gasteiger charge is -2.30. The van der Waals surface area contributed by atoms with E-state index in [9.17, 15) is 17.3 Å². The molecule has 1 aromatic heterocycles. The van der Waals surface area contributed by atoms with E-state index >= 15 is 0 Å². The molecule has 1 heterocycles. The molecule has 3 rings (SSSR count). The predicted molar refractivity (Wildman–Crippen MR) is 103 cm³/mol. The Hall–Kier alpha value is -0.635. The summed E-state index contributed by atoms with van der Waals surface area (Å²) in [7, 11) is -5.72. The highest BCUT2D eigenvalue weighted by molar-refractivity contribution is 7.59. The summed E-state index contributed by atoms with van der Waals surface area (Å²) in [6, 6.07) is 6.74. The van der Waals surface area contributed by atoms with Crippen molar-refractivity contribution < 1.29 is 21.8 Å². The fourth-order valence-corrected chi connectivity index (χ4v) is 8.30. The molecule has 0 aliphatic heterocycles. The van der Waals surface area contributed by atoms with E-state index in [-0.39, 0.29) is 7.92 Å². The molecule has 2 fully saturated rings. The number of rotatable bonds is 6. The predicted octanol–water partition coefficient (Wildman–Crippen LogP) is 6.20. The number of hydrogen-bond acceptors (Lipinski definition) is 0. The topological polar surface area (TPSA) is 3.88 Å². The molecular formula is C19H31BF4NP. The molecular weight excluding hydrogens is 360 g/mol. The van der Waals surface area contributed by atoms with Gasteiger partial charge in [0.15, 0.2) is 11.9 Å². The molecule has 148 valence electrons. The van der Waals surface area contributed by atoms with Gasteiger partial charge in [0.2, 0.25) is 0 Å². The van der Waals surface area contributed by atoms with Crippen LogP contribution in [0.15, 0.2) is 24.4 Å². The maximum Gasteiger partial charge on any atom is 0.673 e. The third-order valence-corrected chi connectivity index (χ3v) is 9.24. The zero-order valence-corrected chi connectivity index (χ0v) is 16.6. The SMILES string of the molecule is CC[n+]1ccccc1CCP(C1CCCC1)C1CCCC1.F[B-](F)(F)F. The Labute approximate surface area is 156 Å². The second-order valence-corrected chi connectivity index (χ2v) is 10.3. The van der Waals surface area contributed by atoms with Crippen LogP contribution in [0.5, 0.6) is 0 Å². The molecule has 0 N–H and O–H groups in total. The van der Waals surface area contributed by atoms with E-state index in [0.29, 0.717) is 0 Å². The lowest BCUT2D eigenvalue weighted by atomic mass is 10.3. The Balaban J connectivity index is 0.000000431. The summed E-state index contributed by atoms with van der Waals surface area (Å²) in [5, 5.41) is 0. The van der Waals surface area contributed by atoms with Gasteiger partial charge >= 0.3 is 7.25 Å². The summed E-state index contributed by atoms with van der Waals surface area (Å²) in [6.45, 7) is 3.38. The van der Waals surface area contributed by atoms with E-state index < -0.39 is 7.25 Å². The molecule has 1 nitrogen and oxygen atoms in total. The molecule has 0 unspecified atom stereocenters. The van der Waals surface area contributed by atoms with Gasteiger partial charge in [-0.05, 0) is 50.1 Å². The molecule has 7 heteroatoms. The minimum atomic E-state index is -6.00. The Morgan fingerprint density at radius 1 is 0.962 bits per heavy atom. The van der Waals surface area contributed by atoms with Crippen molar-refractivity contribution in [1.82, 2.24) is 0 Å². The van der Waals surface area contributed by atoms with Gasteiger partial charge < -0.3 is 17.3 Å². The van der Waals surface area contributed by atoms with Crippen LogP contribution in [0.4, 0.5) is 17.3 Å². The molecule has 0 radical (unpaired) electrons. The molecule has 0 bridgehead atoms. The Kier molecular flexibility index (Phi) is 8.86. The van der Waals surface area contributed by atoms with E-state index in [1.807, 2.05) is 0 Å². The van der Waals surface area contributed by atoms with E-state index in [1.54, 1.807) is 31.4 Å². The third kappa shape index (κ3) is 7.54. The molecule has 26 heavy (non-hydrogen) atoms. The van der Waals surface area contributed by atoms with Gasteiger partial charge in [-0.3, -0.25) is 0 Å². The van der Waals surface area contributed by atoms with Gasteiger partial charge in [-0.15, -0.1) is 0 Å². The molecule has 0 saturated heterocycles. The van der Waals surface area contributed by atoms with E-state index in [4.69, 9.17) is 0 Å². The molecule has 2 aliphatic carbocycles. The number of aromatic nitrogens is 1. The zero-order valence-electron chi connectivity index (χ0n) is 15.7. The zero-order chi connectivity index (χ0) is 19.0. The summed E-state index contributed by atoms with van der Waals surface area (Å²) in [5.74, 6) is 0. The van der Waals surface area contributed by atoms with E-state index in [2.05, 4.69) is 35.9 Å². The van der Waals surface area contributed by atoms with Crippen LogP contribution in [-0.4, -0.2) is 24.7 Å². The first kappa shape index (κ1) is 21.7. The van der Waals surface area contributed by atoms with Crippen molar-refractivity contribution in [3.63, 3.8) is 0 Å². The summed E-state index contributed by atoms with van der Waals surface area (Å²) in [5.41, 5.74) is 3.78. The highest BCUT2D eigenvalue weighted by Crippen LogP contribution is 2.57. The van der Waals surface area contributed by atoms with Crippen molar-refractivity contribution in [2.45, 2.75) is 82.6 Å². The van der Waals surface area contributed by atoms with Crippen LogP contribution in [0.3, 0.4) is 0 Å². The van der Waals surface area contributed by atoms with Crippen molar-refractivity contribution in [3.8, 4) is 0 Å². The third-order valence-electron chi connectivity index (χ3n) is 5.59. The fraction of sp³-hybridized carbons (Fsp3) is 0.737. The van der Waals surface area contributed by atoms with Crippen molar-refractivity contribution in [3.05, 3.63) is 30.1 Å². The quantitative estimate of drug-likeness (QED) is 0.235. The second-order valence-electron chi connectivity index (χ2n) is 7.34. The largest absolute Gasteiger partial charge is 0.673 e. The molecule has 1 aromatic rings. The van der Waals surface area contributed by atoms with Gasteiger partial charge in [0.25, 0.3) is 0 Å². The van der Waals surface area contributed by atoms with Gasteiger partial charge in [-0.25, -0.2) is 4.57 Å². The van der Waals surface area contributed by atoms with Crippen molar-refractivity contribution in [1.29, 1.82) is 0 Å². The van der Waals surface area contributed by atoms with Crippen molar-refractivity contribution >= 4 is 15.2 Å². The molecule has 2 saturated carbocycles. The van der Waals surface area contributed by atoms with Gasteiger partial charge in [0, 0.05) is 18.6 Å². The van der Waals surface area contributed by atoms with Crippen LogP contribution in [0.25, 0.3) is 0 Å². The number of aryl methyl sites for hydroxylation is 2. The van der Waals surface area contributed by atoms with Crippen LogP contribution in [0.2, 0.25) is 0 Å². The van der Waals surface area contributed by atoms with Crippen LogP contribution in [0.1, 0.15) is 64.0 Å². The number of nitrogens with zero attached hydrogens (tertiary/aromatic N) is 1. The lowest BCUT2D eigenvalue weighted by Crippen LogP contribution is -2.37. The average molecular weight is 391 g/mol. The Morgan fingerprint density at radius 3 is 1.92 bits per heavy atom. The molecule has 0 spiro atoms. The van der Waals surface area contributed by atoms with Gasteiger partial charge in [0.1, 0.15) is 6.54 Å². The first-order valence-electron chi connectivity index (χ1n) is 9.99. The van der Waals surface area contributed by atoms with Crippen LogP contribution < -0.4 is 4.57 Å².